The van der Waals surface area contributed by atoms with E-state index in [1.165, 1.54) is 5.56 Å². The summed E-state index contributed by atoms with van der Waals surface area (Å²) in [7, 11) is 0. The van der Waals surface area contributed by atoms with Gasteiger partial charge in [0.15, 0.2) is 0 Å². The quantitative estimate of drug-likeness (QED) is 0.882. The lowest BCUT2D eigenvalue weighted by atomic mass is 9.87. The summed E-state index contributed by atoms with van der Waals surface area (Å²) in [5, 5.41) is 0.734. The summed E-state index contributed by atoms with van der Waals surface area (Å²) < 4.78 is 1.08. The van der Waals surface area contributed by atoms with Crippen molar-refractivity contribution in [3.05, 3.63) is 69.2 Å². The molecule has 3 heteroatoms. The van der Waals surface area contributed by atoms with E-state index in [-0.39, 0.29) is 0 Å². The molecule has 0 aliphatic carbocycles. The van der Waals surface area contributed by atoms with Crippen molar-refractivity contribution in [2.45, 2.75) is 18.9 Å². The molecule has 0 spiro atoms. The van der Waals surface area contributed by atoms with Crippen molar-refractivity contribution in [2.24, 2.45) is 5.73 Å². The van der Waals surface area contributed by atoms with Gasteiger partial charge in [-0.1, -0.05) is 51.8 Å². The summed E-state index contributed by atoms with van der Waals surface area (Å²) in [5.41, 5.74) is 8.33. The number of halogens is 2. The highest BCUT2D eigenvalue weighted by Gasteiger charge is 2.21. The second-order valence-corrected chi connectivity index (χ2v) is 6.08. The van der Waals surface area contributed by atoms with Crippen LogP contribution in [0.5, 0.6) is 0 Å². The van der Waals surface area contributed by atoms with Gasteiger partial charge in [-0.3, -0.25) is 0 Å². The largest absolute Gasteiger partial charge is 0.321 e. The van der Waals surface area contributed by atoms with Gasteiger partial charge in [-0.15, -0.1) is 0 Å². The van der Waals surface area contributed by atoms with E-state index in [4.69, 9.17) is 17.3 Å². The fraction of sp³-hybridized carbons (Fsp3) is 0.200. The summed E-state index contributed by atoms with van der Waals surface area (Å²) in [5.74, 6) is 0. The van der Waals surface area contributed by atoms with Gasteiger partial charge < -0.3 is 5.73 Å². The maximum atomic E-state index is 6.40. The predicted octanol–water partition coefficient (Wildman–Crippen LogP) is 4.52. The molecule has 2 N–H and O–H groups in total. The van der Waals surface area contributed by atoms with Crippen LogP contribution in [0.15, 0.2) is 53.0 Å². The van der Waals surface area contributed by atoms with Gasteiger partial charge in [0.05, 0.1) is 0 Å². The van der Waals surface area contributed by atoms with Gasteiger partial charge in [0.2, 0.25) is 0 Å². The SMILES string of the molecule is CC(N)(Cc1ccc(Br)cc1)c1ccc(Cl)cc1. The van der Waals surface area contributed by atoms with Gasteiger partial charge >= 0.3 is 0 Å². The Morgan fingerprint density at radius 2 is 1.61 bits per heavy atom. The fourth-order valence-corrected chi connectivity index (χ4v) is 2.35. The molecule has 0 saturated heterocycles. The molecule has 0 radical (unpaired) electrons. The molecule has 1 unspecified atom stereocenters. The van der Waals surface area contributed by atoms with E-state index in [0.29, 0.717) is 0 Å². The third kappa shape index (κ3) is 3.35. The maximum Gasteiger partial charge on any atom is 0.0421 e. The standard InChI is InChI=1S/C15H15BrClN/c1-15(18,12-4-8-14(17)9-5-12)10-11-2-6-13(16)7-3-11/h2-9H,10,18H2,1H3. The molecule has 0 aliphatic heterocycles. The van der Waals surface area contributed by atoms with Crippen LogP contribution >= 0.6 is 27.5 Å². The van der Waals surface area contributed by atoms with E-state index in [2.05, 4.69) is 28.1 Å². The van der Waals surface area contributed by atoms with Gasteiger partial charge in [-0.2, -0.15) is 0 Å². The van der Waals surface area contributed by atoms with Gasteiger partial charge in [0.1, 0.15) is 0 Å². The molecule has 18 heavy (non-hydrogen) atoms. The molecule has 0 aromatic heterocycles. The van der Waals surface area contributed by atoms with E-state index in [1.54, 1.807) is 0 Å². The highest BCUT2D eigenvalue weighted by atomic mass is 79.9. The first kappa shape index (κ1) is 13.6. The van der Waals surface area contributed by atoms with Crippen molar-refractivity contribution < 1.29 is 0 Å². The van der Waals surface area contributed by atoms with Gasteiger partial charge in [-0.05, 0) is 48.7 Å². The zero-order chi connectivity index (χ0) is 13.2. The average molecular weight is 325 g/mol. The Bertz CT molecular complexity index is 517. The second kappa shape index (κ2) is 5.43. The van der Waals surface area contributed by atoms with Gasteiger partial charge in [0.25, 0.3) is 0 Å². The van der Waals surface area contributed by atoms with Gasteiger partial charge in [0, 0.05) is 15.0 Å². The van der Waals surface area contributed by atoms with E-state index < -0.39 is 5.54 Å². The van der Waals surface area contributed by atoms with Crippen LogP contribution < -0.4 is 5.73 Å². The molecular weight excluding hydrogens is 310 g/mol. The third-order valence-electron chi connectivity index (χ3n) is 2.99. The second-order valence-electron chi connectivity index (χ2n) is 4.73. The molecule has 0 fully saturated rings. The molecule has 0 aliphatic rings. The first-order chi connectivity index (χ1) is 8.47. The molecule has 0 amide bonds. The van der Waals surface area contributed by atoms with Crippen molar-refractivity contribution in [3.63, 3.8) is 0 Å². The highest BCUT2D eigenvalue weighted by molar-refractivity contribution is 9.10. The number of rotatable bonds is 3. The van der Waals surface area contributed by atoms with E-state index in [9.17, 15) is 0 Å². The zero-order valence-corrected chi connectivity index (χ0v) is 12.5. The lowest BCUT2D eigenvalue weighted by Gasteiger charge is -2.25. The topological polar surface area (TPSA) is 26.0 Å². The molecule has 1 nitrogen and oxygen atoms in total. The number of nitrogens with two attached hydrogens (primary N) is 1. The van der Waals surface area contributed by atoms with Gasteiger partial charge in [-0.25, -0.2) is 0 Å². The zero-order valence-electron chi connectivity index (χ0n) is 10.2. The molecule has 2 aromatic carbocycles. The van der Waals surface area contributed by atoms with E-state index >= 15 is 0 Å². The summed E-state index contributed by atoms with van der Waals surface area (Å²) >= 11 is 9.33. The highest BCUT2D eigenvalue weighted by Crippen LogP contribution is 2.24. The fourth-order valence-electron chi connectivity index (χ4n) is 1.96. The van der Waals surface area contributed by atoms with Crippen LogP contribution in [0.1, 0.15) is 18.1 Å². The molecule has 94 valence electrons. The molecule has 0 heterocycles. The first-order valence-electron chi connectivity index (χ1n) is 5.77. The molecule has 2 aromatic rings. The van der Waals surface area contributed by atoms with Crippen molar-refractivity contribution in [2.75, 3.05) is 0 Å². The molecule has 0 bridgehead atoms. The Kier molecular flexibility index (Phi) is 4.10. The monoisotopic (exact) mass is 323 g/mol. The Hall–Kier alpha value is -0.830. The van der Waals surface area contributed by atoms with Crippen molar-refractivity contribution >= 4 is 27.5 Å². The molecular formula is C15H15BrClN. The minimum atomic E-state index is -0.390. The van der Waals surface area contributed by atoms with Crippen LogP contribution in [0.3, 0.4) is 0 Å². The Morgan fingerprint density at radius 3 is 2.17 bits per heavy atom. The summed E-state index contributed by atoms with van der Waals surface area (Å²) in [6.07, 6.45) is 0.794. The van der Waals surface area contributed by atoms with Crippen LogP contribution in [0.25, 0.3) is 0 Å². The smallest absolute Gasteiger partial charge is 0.0421 e. The lowest BCUT2D eigenvalue weighted by Crippen LogP contribution is -2.35. The Morgan fingerprint density at radius 1 is 1.06 bits per heavy atom. The van der Waals surface area contributed by atoms with Crippen LogP contribution in [-0.4, -0.2) is 0 Å². The predicted molar refractivity (Wildman–Crippen MR) is 80.8 cm³/mol. The average Bonchev–Trinajstić information content (AvgIpc) is 2.32. The molecule has 2 rings (SSSR count). The van der Waals surface area contributed by atoms with Crippen LogP contribution in [0.4, 0.5) is 0 Å². The minimum absolute atomic E-state index is 0.390. The Labute approximate surface area is 121 Å². The van der Waals surface area contributed by atoms with Crippen LogP contribution in [-0.2, 0) is 12.0 Å². The van der Waals surface area contributed by atoms with Crippen molar-refractivity contribution in [1.82, 2.24) is 0 Å². The molecule has 1 atom stereocenters. The maximum absolute atomic E-state index is 6.40. The van der Waals surface area contributed by atoms with Crippen molar-refractivity contribution in [3.8, 4) is 0 Å². The molecule has 0 saturated carbocycles. The third-order valence-corrected chi connectivity index (χ3v) is 3.77. The first-order valence-corrected chi connectivity index (χ1v) is 6.94. The minimum Gasteiger partial charge on any atom is -0.321 e. The van der Waals surface area contributed by atoms with Crippen LogP contribution in [0, 0.1) is 0 Å². The lowest BCUT2D eigenvalue weighted by molar-refractivity contribution is 0.491. The van der Waals surface area contributed by atoms with Crippen LogP contribution in [0.2, 0.25) is 5.02 Å². The normalized spacial score (nSPS) is 14.2. The number of hydrogen-bond acceptors (Lipinski definition) is 1. The summed E-state index contributed by atoms with van der Waals surface area (Å²) in [6.45, 7) is 2.04. The summed E-state index contributed by atoms with van der Waals surface area (Å²) in [4.78, 5) is 0. The van der Waals surface area contributed by atoms with Crippen molar-refractivity contribution in [1.29, 1.82) is 0 Å². The Balaban J connectivity index is 2.20. The summed E-state index contributed by atoms with van der Waals surface area (Å²) in [6, 6.07) is 16.0. The van der Waals surface area contributed by atoms with E-state index in [1.807, 2.05) is 43.3 Å². The number of benzene rings is 2. The number of hydrogen-bond donors (Lipinski definition) is 1. The van der Waals surface area contributed by atoms with E-state index in [0.717, 1.165) is 21.5 Å².